The molecule has 0 radical (unpaired) electrons. The van der Waals surface area contributed by atoms with Gasteiger partial charge < -0.3 is 30.1 Å². The maximum absolute atomic E-state index is 15.0. The largest absolute Gasteiger partial charge is 0.493 e. The number of aldehydes is 1. The van der Waals surface area contributed by atoms with E-state index in [4.69, 9.17) is 20.3 Å². The van der Waals surface area contributed by atoms with Crippen LogP contribution in [0, 0.1) is 17.5 Å². The number of nitrogens with zero attached hydrogens (tertiary/aromatic N) is 2. The van der Waals surface area contributed by atoms with Gasteiger partial charge in [0.1, 0.15) is 35.8 Å². The van der Waals surface area contributed by atoms with Gasteiger partial charge in [-0.3, -0.25) is 4.99 Å². The first-order chi connectivity index (χ1) is 20.8. The number of aliphatic hydroxyl groups is 1. The molecular formula is C31H31F3N4O4S. The Hall–Kier alpha value is -4.29. The average molecular weight is 613 g/mol. The monoisotopic (exact) mass is 612 g/mol. The molecular weight excluding hydrogens is 581 g/mol. The molecule has 0 saturated heterocycles. The Bertz CT molecular complexity index is 1690. The highest BCUT2D eigenvalue weighted by Crippen LogP contribution is 2.43. The second-order valence-corrected chi connectivity index (χ2v) is 10.4. The molecule has 1 aliphatic heterocycles. The van der Waals surface area contributed by atoms with Gasteiger partial charge in [0, 0.05) is 37.1 Å². The van der Waals surface area contributed by atoms with E-state index >= 15 is 0 Å². The lowest BCUT2D eigenvalue weighted by atomic mass is 9.85. The number of benzene rings is 3. The van der Waals surface area contributed by atoms with E-state index in [1.54, 1.807) is 12.3 Å². The van der Waals surface area contributed by atoms with Crippen molar-refractivity contribution in [3.05, 3.63) is 82.8 Å². The topological polar surface area (TPSA) is 122 Å². The van der Waals surface area contributed by atoms with Gasteiger partial charge in [-0.25, -0.2) is 13.8 Å². The van der Waals surface area contributed by atoms with E-state index in [2.05, 4.69) is 15.0 Å². The van der Waals surface area contributed by atoms with E-state index in [9.17, 15) is 18.0 Å². The van der Waals surface area contributed by atoms with Gasteiger partial charge in [0.2, 0.25) is 5.82 Å². The molecule has 0 amide bonds. The van der Waals surface area contributed by atoms with Crippen molar-refractivity contribution in [1.29, 1.82) is 0 Å². The zero-order chi connectivity index (χ0) is 31.1. The van der Waals surface area contributed by atoms with Crippen molar-refractivity contribution in [2.45, 2.75) is 36.6 Å². The smallest absolute Gasteiger partial charge is 0.204 e. The van der Waals surface area contributed by atoms with Gasteiger partial charge >= 0.3 is 0 Å². The van der Waals surface area contributed by atoms with Crippen molar-refractivity contribution in [3.8, 4) is 17.2 Å². The molecule has 0 bridgehead atoms. The van der Waals surface area contributed by atoms with Gasteiger partial charge in [0.15, 0.2) is 11.6 Å². The zero-order valence-corrected chi connectivity index (χ0v) is 24.6. The van der Waals surface area contributed by atoms with E-state index in [1.165, 1.54) is 36.4 Å². The molecule has 4 aromatic rings. The number of hydrogen-bond acceptors (Lipinski definition) is 6. The van der Waals surface area contributed by atoms with Crippen LogP contribution in [0.3, 0.4) is 0 Å². The maximum atomic E-state index is 15.0. The summed E-state index contributed by atoms with van der Waals surface area (Å²) in [6.45, 7) is 2.36. The predicted octanol–water partition coefficient (Wildman–Crippen LogP) is 6.27. The summed E-state index contributed by atoms with van der Waals surface area (Å²) >= 11 is 1.19. The number of rotatable bonds is 9. The number of para-hydroxylation sites is 1. The highest BCUT2D eigenvalue weighted by molar-refractivity contribution is 7.99. The Morgan fingerprint density at radius 2 is 2.00 bits per heavy atom. The van der Waals surface area contributed by atoms with Gasteiger partial charge in [-0.15, -0.1) is 11.8 Å². The van der Waals surface area contributed by atoms with Crippen LogP contribution in [0.15, 0.2) is 63.5 Å². The first-order valence-corrected chi connectivity index (χ1v) is 14.5. The fraction of sp³-hybridized carbons (Fsp3) is 0.258. The summed E-state index contributed by atoms with van der Waals surface area (Å²) in [6, 6.07) is 11.0. The van der Waals surface area contributed by atoms with Crippen LogP contribution in [-0.4, -0.2) is 48.5 Å². The molecule has 0 aliphatic carbocycles. The summed E-state index contributed by atoms with van der Waals surface area (Å²) in [4.78, 5) is 22.7. The number of nitrogens with one attached hydrogen (secondary N) is 1. The Morgan fingerprint density at radius 1 is 1.21 bits per heavy atom. The van der Waals surface area contributed by atoms with E-state index in [1.807, 2.05) is 25.1 Å². The van der Waals surface area contributed by atoms with Crippen LogP contribution in [0.4, 0.5) is 13.2 Å². The average Bonchev–Trinajstić information content (AvgIpc) is 3.51. The van der Waals surface area contributed by atoms with Crippen molar-refractivity contribution in [2.75, 3.05) is 20.0 Å². The molecule has 3 aromatic carbocycles. The SMILES string of the molecule is CO.CSc1c(Oc2ccc(F)c(C(N)=NC=NC3(C)CCOc4c(CCC=O)cccc43)c2)c(F)c(F)c2[nH]ccc12. The second kappa shape index (κ2) is 13.8. The zero-order valence-electron chi connectivity index (χ0n) is 23.8. The number of aryl methyl sites for hydroxylation is 1. The van der Waals surface area contributed by atoms with Crippen LogP contribution in [0.1, 0.15) is 36.5 Å². The maximum Gasteiger partial charge on any atom is 0.204 e. The first kappa shape index (κ1) is 31.6. The van der Waals surface area contributed by atoms with Gasteiger partial charge in [0.05, 0.1) is 28.1 Å². The number of hydrogen-bond donors (Lipinski definition) is 3. The normalized spacial score (nSPS) is 16.4. The van der Waals surface area contributed by atoms with Gasteiger partial charge in [-0.1, -0.05) is 18.2 Å². The van der Waals surface area contributed by atoms with Crippen LogP contribution in [0.25, 0.3) is 10.9 Å². The number of amidine groups is 1. The Balaban J connectivity index is 0.00000207. The van der Waals surface area contributed by atoms with Crippen molar-refractivity contribution in [1.82, 2.24) is 4.98 Å². The molecule has 1 unspecified atom stereocenters. The number of aliphatic imine (C=N–C) groups is 2. The molecule has 4 N–H and O–H groups in total. The van der Waals surface area contributed by atoms with E-state index in [-0.39, 0.29) is 28.4 Å². The third-order valence-corrected chi connectivity index (χ3v) is 7.84. The molecule has 0 fully saturated rings. The number of H-pyrrole nitrogens is 1. The lowest BCUT2D eigenvalue weighted by molar-refractivity contribution is -0.107. The van der Waals surface area contributed by atoms with Crippen LogP contribution in [-0.2, 0) is 16.8 Å². The second-order valence-electron chi connectivity index (χ2n) is 9.63. The van der Waals surface area contributed by atoms with Gasteiger partial charge in [-0.05, 0) is 49.4 Å². The lowest BCUT2D eigenvalue weighted by Crippen LogP contribution is -2.29. The standard InChI is InChI=1S/C30H27F3N4O3S.CH4O/c1-30(11-14-39-26-17(6-4-13-38)5-3-7-21(26)30)37-16-36-29(34)20-15-18(8-9-22(20)31)40-27-24(33)23(32)25-19(10-12-35-25)28(27)41-2;1-2/h3,5,7-10,12-13,15-16,35H,4,6,11,14H2,1-2H3,(H2,34,36,37);2H,1H3. The minimum absolute atomic E-state index is 0.0349. The molecule has 5 rings (SSSR count). The number of carbonyl (C=O) groups excluding carboxylic acids is 1. The number of thioether (sulfide) groups is 1. The lowest BCUT2D eigenvalue weighted by Gasteiger charge is -2.33. The molecule has 1 aliphatic rings. The van der Waals surface area contributed by atoms with Crippen molar-refractivity contribution in [2.24, 2.45) is 15.7 Å². The Labute approximate surface area is 250 Å². The van der Waals surface area contributed by atoms with Crippen molar-refractivity contribution < 1.29 is 32.5 Å². The number of halogens is 3. The minimum Gasteiger partial charge on any atom is -0.493 e. The molecule has 43 heavy (non-hydrogen) atoms. The summed E-state index contributed by atoms with van der Waals surface area (Å²) in [5, 5.41) is 7.46. The van der Waals surface area contributed by atoms with E-state index < -0.39 is 23.0 Å². The third kappa shape index (κ3) is 6.40. The first-order valence-electron chi connectivity index (χ1n) is 13.3. The number of nitrogens with two attached hydrogens (primary N) is 1. The predicted molar refractivity (Wildman–Crippen MR) is 162 cm³/mol. The highest BCUT2D eigenvalue weighted by atomic mass is 32.2. The number of aromatic amines is 1. The van der Waals surface area contributed by atoms with Crippen LogP contribution < -0.4 is 15.2 Å². The molecule has 0 saturated carbocycles. The highest BCUT2D eigenvalue weighted by Gasteiger charge is 2.33. The summed E-state index contributed by atoms with van der Waals surface area (Å²) < 4.78 is 56.0. The van der Waals surface area contributed by atoms with E-state index in [0.29, 0.717) is 41.9 Å². The number of fused-ring (bicyclic) bond motifs is 2. The van der Waals surface area contributed by atoms with Crippen molar-refractivity contribution >= 4 is 41.1 Å². The molecule has 0 spiro atoms. The number of ether oxygens (including phenoxy) is 2. The minimum atomic E-state index is -1.16. The summed E-state index contributed by atoms with van der Waals surface area (Å²) in [5.41, 5.74) is 7.18. The summed E-state index contributed by atoms with van der Waals surface area (Å²) in [6.07, 6.45) is 6.89. The fourth-order valence-corrected chi connectivity index (χ4v) is 5.55. The molecule has 1 aromatic heterocycles. The Kier molecular flexibility index (Phi) is 10.1. The van der Waals surface area contributed by atoms with Crippen LogP contribution in [0.2, 0.25) is 0 Å². The Morgan fingerprint density at radius 3 is 2.74 bits per heavy atom. The third-order valence-electron chi connectivity index (χ3n) is 7.03. The summed E-state index contributed by atoms with van der Waals surface area (Å²) in [5.74, 6) is -2.64. The van der Waals surface area contributed by atoms with Crippen LogP contribution in [0.5, 0.6) is 17.2 Å². The van der Waals surface area contributed by atoms with Crippen molar-refractivity contribution in [3.63, 3.8) is 0 Å². The molecule has 12 heteroatoms. The molecule has 8 nitrogen and oxygen atoms in total. The van der Waals surface area contributed by atoms with Crippen LogP contribution >= 0.6 is 11.8 Å². The molecule has 2 heterocycles. The van der Waals surface area contributed by atoms with E-state index in [0.717, 1.165) is 30.6 Å². The van der Waals surface area contributed by atoms with Gasteiger partial charge in [0.25, 0.3) is 0 Å². The number of aromatic nitrogens is 1. The summed E-state index contributed by atoms with van der Waals surface area (Å²) in [7, 11) is 1.00. The number of aliphatic hydroxyl groups excluding tert-OH is 1. The fourth-order valence-electron chi connectivity index (χ4n) is 4.85. The number of carbonyl (C=O) groups is 1. The quantitative estimate of drug-likeness (QED) is 0.0887. The molecule has 226 valence electrons. The van der Waals surface area contributed by atoms with Gasteiger partial charge in [-0.2, -0.15) is 4.39 Å². The molecule has 1 atom stereocenters.